The lowest BCUT2D eigenvalue weighted by atomic mass is 9.85. The molecule has 0 unspecified atom stereocenters. The van der Waals surface area contributed by atoms with Gasteiger partial charge in [0.05, 0.1) is 5.41 Å². The number of carbonyl (C=O) groups excluding carboxylic acids is 1. The van der Waals surface area contributed by atoms with Crippen molar-refractivity contribution in [1.82, 2.24) is 0 Å². The van der Waals surface area contributed by atoms with Crippen LogP contribution in [0.5, 0.6) is 0 Å². The summed E-state index contributed by atoms with van der Waals surface area (Å²) in [7, 11) is 0. The van der Waals surface area contributed by atoms with E-state index in [9.17, 15) is 14.7 Å². The number of carboxylic acid groups (broad SMARTS) is 1. The van der Waals surface area contributed by atoms with Crippen molar-refractivity contribution in [3.05, 3.63) is 59.7 Å². The minimum absolute atomic E-state index is 0.454. The molecule has 0 atom stereocenters. The number of aliphatic carboxylic acids is 1. The van der Waals surface area contributed by atoms with Gasteiger partial charge >= 0.3 is 5.97 Å². The SMILES string of the molecule is CC(C)(Cc1ccc(-c2cccc(C(=O)Cl)c2)cc1)C(=O)O. The molecule has 0 radical (unpaired) electrons. The van der Waals surface area contributed by atoms with Crippen molar-refractivity contribution in [3.8, 4) is 11.1 Å². The number of carboxylic acids is 1. The van der Waals surface area contributed by atoms with Crippen molar-refractivity contribution < 1.29 is 14.7 Å². The molecule has 0 saturated carbocycles. The van der Waals surface area contributed by atoms with Crippen molar-refractivity contribution in [2.24, 2.45) is 5.41 Å². The molecule has 0 spiro atoms. The summed E-state index contributed by atoms with van der Waals surface area (Å²) in [5.41, 5.74) is 2.47. The van der Waals surface area contributed by atoms with E-state index in [2.05, 4.69) is 0 Å². The molecule has 0 bridgehead atoms. The van der Waals surface area contributed by atoms with E-state index in [0.717, 1.165) is 16.7 Å². The van der Waals surface area contributed by atoms with Gasteiger partial charge in [0.25, 0.3) is 5.24 Å². The Balaban J connectivity index is 2.24. The Morgan fingerprint density at radius 2 is 1.68 bits per heavy atom. The Hall–Kier alpha value is -2.13. The molecular weight excluding hydrogens is 300 g/mol. The summed E-state index contributed by atoms with van der Waals surface area (Å²) in [6, 6.07) is 14.8. The molecular formula is C18H17ClO3. The molecule has 0 aliphatic rings. The second-order valence-corrected chi connectivity index (χ2v) is 6.26. The first kappa shape index (κ1) is 16.2. The van der Waals surface area contributed by atoms with Gasteiger partial charge in [0.1, 0.15) is 0 Å². The van der Waals surface area contributed by atoms with Gasteiger partial charge in [-0.3, -0.25) is 9.59 Å². The molecule has 0 aliphatic carbocycles. The lowest BCUT2D eigenvalue weighted by molar-refractivity contribution is -0.146. The Bertz CT molecular complexity index is 703. The Kier molecular flexibility index (Phi) is 4.67. The first-order valence-corrected chi connectivity index (χ1v) is 7.30. The van der Waals surface area contributed by atoms with Crippen LogP contribution < -0.4 is 0 Å². The third kappa shape index (κ3) is 3.74. The van der Waals surface area contributed by atoms with Gasteiger partial charge in [0.15, 0.2) is 0 Å². The van der Waals surface area contributed by atoms with Crippen molar-refractivity contribution >= 4 is 22.8 Å². The minimum Gasteiger partial charge on any atom is -0.481 e. The monoisotopic (exact) mass is 316 g/mol. The van der Waals surface area contributed by atoms with Crippen LogP contribution in [0.2, 0.25) is 0 Å². The van der Waals surface area contributed by atoms with Gasteiger partial charge in [0.2, 0.25) is 0 Å². The van der Waals surface area contributed by atoms with Gasteiger partial charge in [-0.1, -0.05) is 42.5 Å². The Labute approximate surface area is 134 Å². The largest absolute Gasteiger partial charge is 0.481 e. The zero-order chi connectivity index (χ0) is 16.3. The van der Waals surface area contributed by atoms with Crippen molar-refractivity contribution in [1.29, 1.82) is 0 Å². The Morgan fingerprint density at radius 3 is 2.23 bits per heavy atom. The van der Waals surface area contributed by atoms with Gasteiger partial charge in [-0.25, -0.2) is 0 Å². The van der Waals surface area contributed by atoms with E-state index in [1.54, 1.807) is 32.0 Å². The van der Waals surface area contributed by atoms with Crippen LogP contribution in [0.1, 0.15) is 29.8 Å². The maximum absolute atomic E-state index is 11.2. The van der Waals surface area contributed by atoms with Crippen LogP contribution in [0, 0.1) is 5.41 Å². The third-order valence-electron chi connectivity index (χ3n) is 3.60. The maximum Gasteiger partial charge on any atom is 0.309 e. The summed E-state index contributed by atoms with van der Waals surface area (Å²) >= 11 is 5.50. The first-order valence-electron chi connectivity index (χ1n) is 6.92. The molecule has 0 fully saturated rings. The molecule has 0 aromatic heterocycles. The van der Waals surface area contributed by atoms with Gasteiger partial charge in [-0.05, 0) is 54.6 Å². The molecule has 0 heterocycles. The summed E-state index contributed by atoms with van der Waals surface area (Å²) in [6.07, 6.45) is 0.461. The van der Waals surface area contributed by atoms with Crippen molar-refractivity contribution in [2.45, 2.75) is 20.3 Å². The van der Waals surface area contributed by atoms with E-state index in [4.69, 9.17) is 11.6 Å². The molecule has 0 aliphatic heterocycles. The summed E-state index contributed by atoms with van der Waals surface area (Å²) in [4.78, 5) is 22.4. The molecule has 0 amide bonds. The highest BCUT2D eigenvalue weighted by atomic mass is 35.5. The molecule has 2 rings (SSSR count). The normalized spacial score (nSPS) is 11.2. The fourth-order valence-electron chi connectivity index (χ4n) is 2.22. The third-order valence-corrected chi connectivity index (χ3v) is 3.82. The predicted octanol–water partition coefficient (Wildman–Crippen LogP) is 4.39. The van der Waals surface area contributed by atoms with Crippen LogP contribution in [0.25, 0.3) is 11.1 Å². The number of carbonyl (C=O) groups is 2. The summed E-state index contributed by atoms with van der Waals surface area (Å²) in [5, 5.41) is 8.69. The fraction of sp³-hybridized carbons (Fsp3) is 0.222. The zero-order valence-corrected chi connectivity index (χ0v) is 13.2. The quantitative estimate of drug-likeness (QED) is 0.832. The van der Waals surface area contributed by atoms with Crippen LogP contribution in [0.3, 0.4) is 0 Å². The molecule has 2 aromatic carbocycles. The van der Waals surface area contributed by atoms with Gasteiger partial charge in [-0.15, -0.1) is 0 Å². The number of benzene rings is 2. The first-order chi connectivity index (χ1) is 10.3. The minimum atomic E-state index is -0.815. The molecule has 0 saturated heterocycles. The van der Waals surface area contributed by atoms with E-state index in [1.807, 2.05) is 30.3 Å². The molecule has 22 heavy (non-hydrogen) atoms. The highest BCUT2D eigenvalue weighted by Gasteiger charge is 2.27. The molecule has 1 N–H and O–H groups in total. The van der Waals surface area contributed by atoms with E-state index < -0.39 is 16.6 Å². The zero-order valence-electron chi connectivity index (χ0n) is 12.5. The van der Waals surface area contributed by atoms with Crippen LogP contribution in [-0.2, 0) is 11.2 Å². The smallest absolute Gasteiger partial charge is 0.309 e. The number of hydrogen-bond acceptors (Lipinski definition) is 2. The fourth-order valence-corrected chi connectivity index (χ4v) is 2.34. The predicted molar refractivity (Wildman–Crippen MR) is 87.2 cm³/mol. The van der Waals surface area contributed by atoms with E-state index in [0.29, 0.717) is 12.0 Å². The Morgan fingerprint density at radius 1 is 1.05 bits per heavy atom. The number of halogens is 1. The number of hydrogen-bond donors (Lipinski definition) is 1. The summed E-state index contributed by atoms with van der Waals surface area (Å²) in [6.45, 7) is 3.41. The number of rotatable bonds is 5. The van der Waals surface area contributed by atoms with E-state index in [-0.39, 0.29) is 0 Å². The van der Waals surface area contributed by atoms with Crippen molar-refractivity contribution in [3.63, 3.8) is 0 Å². The van der Waals surface area contributed by atoms with Gasteiger partial charge in [0, 0.05) is 5.56 Å². The lowest BCUT2D eigenvalue weighted by Gasteiger charge is -2.19. The lowest BCUT2D eigenvalue weighted by Crippen LogP contribution is -2.26. The standard InChI is InChI=1S/C18H17ClO3/c1-18(2,17(21)22)11-12-6-8-13(9-7-12)14-4-3-5-15(10-14)16(19)20/h3-10H,11H2,1-2H3,(H,21,22). The highest BCUT2D eigenvalue weighted by molar-refractivity contribution is 6.67. The van der Waals surface area contributed by atoms with E-state index >= 15 is 0 Å². The second-order valence-electron chi connectivity index (χ2n) is 5.92. The average molecular weight is 317 g/mol. The molecule has 3 nitrogen and oxygen atoms in total. The van der Waals surface area contributed by atoms with Crippen LogP contribution in [-0.4, -0.2) is 16.3 Å². The van der Waals surface area contributed by atoms with E-state index in [1.165, 1.54) is 0 Å². The van der Waals surface area contributed by atoms with Gasteiger partial charge in [-0.2, -0.15) is 0 Å². The molecule has 4 heteroatoms. The highest BCUT2D eigenvalue weighted by Crippen LogP contribution is 2.25. The van der Waals surface area contributed by atoms with Crippen molar-refractivity contribution in [2.75, 3.05) is 0 Å². The van der Waals surface area contributed by atoms with Gasteiger partial charge < -0.3 is 5.11 Å². The van der Waals surface area contributed by atoms with Crippen LogP contribution in [0.4, 0.5) is 0 Å². The summed E-state index contributed by atoms with van der Waals surface area (Å²) in [5.74, 6) is -0.815. The molecule has 114 valence electrons. The average Bonchev–Trinajstić information content (AvgIpc) is 2.47. The summed E-state index contributed by atoms with van der Waals surface area (Å²) < 4.78 is 0. The molecule has 2 aromatic rings. The topological polar surface area (TPSA) is 54.4 Å². The van der Waals surface area contributed by atoms with Crippen LogP contribution >= 0.6 is 11.6 Å². The maximum atomic E-state index is 11.2. The van der Waals surface area contributed by atoms with Crippen LogP contribution in [0.15, 0.2) is 48.5 Å². The second kappa shape index (κ2) is 6.32.